The largest absolute Gasteiger partial charge is 0.314 e. The quantitative estimate of drug-likeness (QED) is 0.701. The van der Waals surface area contributed by atoms with E-state index in [1.165, 1.54) is 45.3 Å². The molecule has 0 saturated carbocycles. The molecule has 0 aromatic heterocycles. The summed E-state index contributed by atoms with van der Waals surface area (Å²) in [5.74, 6) is 0.744. The van der Waals surface area contributed by atoms with E-state index in [0.717, 1.165) is 12.0 Å². The third-order valence-electron chi connectivity index (χ3n) is 4.03. The molecule has 1 rings (SSSR count). The monoisotopic (exact) mass is 226 g/mol. The van der Waals surface area contributed by atoms with Crippen molar-refractivity contribution in [1.82, 2.24) is 10.2 Å². The molecule has 0 spiro atoms. The fourth-order valence-corrected chi connectivity index (χ4v) is 2.34. The van der Waals surface area contributed by atoms with Crippen molar-refractivity contribution >= 4 is 0 Å². The van der Waals surface area contributed by atoms with E-state index in [9.17, 15) is 0 Å². The van der Waals surface area contributed by atoms with Crippen LogP contribution in [0.5, 0.6) is 0 Å². The van der Waals surface area contributed by atoms with Crippen molar-refractivity contribution in [1.29, 1.82) is 0 Å². The van der Waals surface area contributed by atoms with Crippen LogP contribution in [0.15, 0.2) is 0 Å². The summed E-state index contributed by atoms with van der Waals surface area (Å²) in [6.45, 7) is 13.0. The number of rotatable bonds is 6. The first-order valence-corrected chi connectivity index (χ1v) is 7.08. The molecule has 96 valence electrons. The van der Waals surface area contributed by atoms with Gasteiger partial charge in [0.15, 0.2) is 0 Å². The van der Waals surface area contributed by atoms with Crippen molar-refractivity contribution in [3.05, 3.63) is 0 Å². The summed E-state index contributed by atoms with van der Waals surface area (Å²) in [6.07, 6.45) is 5.53. The molecule has 2 nitrogen and oxygen atoms in total. The molecule has 0 aliphatic carbocycles. The highest BCUT2D eigenvalue weighted by Crippen LogP contribution is 2.16. The van der Waals surface area contributed by atoms with Crippen molar-refractivity contribution in [2.45, 2.75) is 65.5 Å². The maximum atomic E-state index is 3.61. The lowest BCUT2D eigenvalue weighted by Crippen LogP contribution is -2.39. The number of likely N-dealkylation sites (tertiary alicyclic amines) is 1. The van der Waals surface area contributed by atoms with Crippen LogP contribution in [0, 0.1) is 5.92 Å². The van der Waals surface area contributed by atoms with Gasteiger partial charge in [0.25, 0.3) is 0 Å². The SMILES string of the molecule is CC(C)C(C)NCCCN1CCCCC1C. The van der Waals surface area contributed by atoms with E-state index in [2.05, 4.69) is 37.9 Å². The Morgan fingerprint density at radius 1 is 1.25 bits per heavy atom. The third-order valence-corrected chi connectivity index (χ3v) is 4.03. The summed E-state index contributed by atoms with van der Waals surface area (Å²) in [7, 11) is 0. The van der Waals surface area contributed by atoms with Gasteiger partial charge in [0, 0.05) is 12.1 Å². The minimum Gasteiger partial charge on any atom is -0.314 e. The molecule has 0 bridgehead atoms. The molecule has 0 amide bonds. The zero-order valence-corrected chi connectivity index (χ0v) is 11.6. The molecule has 2 heteroatoms. The summed E-state index contributed by atoms with van der Waals surface area (Å²) in [5.41, 5.74) is 0. The van der Waals surface area contributed by atoms with Crippen LogP contribution in [-0.4, -0.2) is 36.6 Å². The average molecular weight is 226 g/mol. The van der Waals surface area contributed by atoms with Gasteiger partial charge in [0.05, 0.1) is 0 Å². The van der Waals surface area contributed by atoms with Crippen molar-refractivity contribution in [3.63, 3.8) is 0 Å². The van der Waals surface area contributed by atoms with Gasteiger partial charge < -0.3 is 10.2 Å². The van der Waals surface area contributed by atoms with Gasteiger partial charge in [-0.25, -0.2) is 0 Å². The van der Waals surface area contributed by atoms with Crippen LogP contribution in [0.4, 0.5) is 0 Å². The Morgan fingerprint density at radius 2 is 2.00 bits per heavy atom. The Bertz CT molecular complexity index is 180. The Labute approximate surface area is 102 Å². The van der Waals surface area contributed by atoms with E-state index < -0.39 is 0 Å². The Balaban J connectivity index is 2.06. The number of hydrogen-bond acceptors (Lipinski definition) is 2. The van der Waals surface area contributed by atoms with E-state index in [1.54, 1.807) is 0 Å². The summed E-state index contributed by atoms with van der Waals surface area (Å²) in [4.78, 5) is 2.66. The highest BCUT2D eigenvalue weighted by molar-refractivity contribution is 4.73. The summed E-state index contributed by atoms with van der Waals surface area (Å²) in [5, 5.41) is 3.61. The maximum Gasteiger partial charge on any atom is 0.00669 e. The van der Waals surface area contributed by atoms with Crippen LogP contribution >= 0.6 is 0 Å². The zero-order valence-electron chi connectivity index (χ0n) is 11.6. The molecule has 1 aliphatic rings. The topological polar surface area (TPSA) is 15.3 Å². The molecule has 1 fully saturated rings. The molecular formula is C14H30N2. The van der Waals surface area contributed by atoms with Gasteiger partial charge in [-0.05, 0) is 58.7 Å². The van der Waals surface area contributed by atoms with Gasteiger partial charge in [0.1, 0.15) is 0 Å². The van der Waals surface area contributed by atoms with Crippen LogP contribution in [0.2, 0.25) is 0 Å². The Morgan fingerprint density at radius 3 is 2.62 bits per heavy atom. The average Bonchev–Trinajstić information content (AvgIpc) is 2.26. The smallest absolute Gasteiger partial charge is 0.00669 e. The standard InChI is InChI=1S/C14H30N2/c1-12(2)14(4)15-9-7-11-16-10-6-5-8-13(16)3/h12-15H,5-11H2,1-4H3. The minimum absolute atomic E-state index is 0.652. The molecule has 0 radical (unpaired) electrons. The normalized spacial score (nSPS) is 24.9. The number of nitrogens with zero attached hydrogens (tertiary/aromatic N) is 1. The first kappa shape index (κ1) is 14.0. The first-order chi connectivity index (χ1) is 7.61. The molecule has 0 aromatic carbocycles. The van der Waals surface area contributed by atoms with Crippen molar-refractivity contribution in [3.8, 4) is 0 Å². The molecule has 1 saturated heterocycles. The second kappa shape index (κ2) is 7.29. The molecule has 1 N–H and O–H groups in total. The van der Waals surface area contributed by atoms with Crippen molar-refractivity contribution in [2.75, 3.05) is 19.6 Å². The summed E-state index contributed by atoms with van der Waals surface area (Å²) >= 11 is 0. The van der Waals surface area contributed by atoms with Crippen LogP contribution in [0.1, 0.15) is 53.4 Å². The highest BCUT2D eigenvalue weighted by atomic mass is 15.2. The van der Waals surface area contributed by atoms with Gasteiger partial charge in [-0.2, -0.15) is 0 Å². The van der Waals surface area contributed by atoms with Crippen LogP contribution in [0.25, 0.3) is 0 Å². The molecule has 16 heavy (non-hydrogen) atoms. The van der Waals surface area contributed by atoms with Gasteiger partial charge in [-0.3, -0.25) is 0 Å². The van der Waals surface area contributed by atoms with Crippen molar-refractivity contribution < 1.29 is 0 Å². The number of piperidine rings is 1. The fourth-order valence-electron chi connectivity index (χ4n) is 2.34. The number of nitrogens with one attached hydrogen (secondary N) is 1. The van der Waals surface area contributed by atoms with Crippen LogP contribution < -0.4 is 5.32 Å². The fraction of sp³-hybridized carbons (Fsp3) is 1.00. The maximum absolute atomic E-state index is 3.61. The second-order valence-electron chi connectivity index (χ2n) is 5.72. The predicted octanol–water partition coefficient (Wildman–Crippen LogP) is 2.89. The third kappa shape index (κ3) is 4.84. The molecule has 2 unspecified atom stereocenters. The molecule has 1 heterocycles. The van der Waals surface area contributed by atoms with E-state index in [0.29, 0.717) is 6.04 Å². The molecular weight excluding hydrogens is 196 g/mol. The van der Waals surface area contributed by atoms with Gasteiger partial charge in [-0.15, -0.1) is 0 Å². The minimum atomic E-state index is 0.652. The van der Waals surface area contributed by atoms with Gasteiger partial charge in [-0.1, -0.05) is 20.3 Å². The molecule has 1 aliphatic heterocycles. The summed E-state index contributed by atoms with van der Waals surface area (Å²) in [6, 6.07) is 1.47. The van der Waals surface area contributed by atoms with E-state index in [-0.39, 0.29) is 0 Å². The predicted molar refractivity (Wildman–Crippen MR) is 71.8 cm³/mol. The lowest BCUT2D eigenvalue weighted by atomic mass is 10.0. The van der Waals surface area contributed by atoms with Gasteiger partial charge in [0.2, 0.25) is 0 Å². The highest BCUT2D eigenvalue weighted by Gasteiger charge is 2.17. The Hall–Kier alpha value is -0.0800. The number of hydrogen-bond donors (Lipinski definition) is 1. The molecule has 0 aromatic rings. The van der Waals surface area contributed by atoms with E-state index >= 15 is 0 Å². The first-order valence-electron chi connectivity index (χ1n) is 7.08. The lowest BCUT2D eigenvalue weighted by Gasteiger charge is -2.33. The van der Waals surface area contributed by atoms with Crippen LogP contribution in [0.3, 0.4) is 0 Å². The summed E-state index contributed by atoms with van der Waals surface area (Å²) < 4.78 is 0. The lowest BCUT2D eigenvalue weighted by molar-refractivity contribution is 0.158. The van der Waals surface area contributed by atoms with E-state index in [1.807, 2.05) is 0 Å². The molecule has 2 atom stereocenters. The van der Waals surface area contributed by atoms with Crippen molar-refractivity contribution in [2.24, 2.45) is 5.92 Å². The zero-order chi connectivity index (χ0) is 12.0. The Kier molecular flexibility index (Phi) is 6.37. The van der Waals surface area contributed by atoms with Gasteiger partial charge >= 0.3 is 0 Å². The second-order valence-corrected chi connectivity index (χ2v) is 5.72. The van der Waals surface area contributed by atoms with E-state index in [4.69, 9.17) is 0 Å². The van der Waals surface area contributed by atoms with Crippen LogP contribution in [-0.2, 0) is 0 Å².